The molecule has 0 fully saturated rings. The first-order chi connectivity index (χ1) is 6.15. The molecule has 1 rings (SSSR count). The molecule has 0 aliphatic rings. The molecule has 0 saturated carbocycles. The molecular weight excluding hydrogens is 226 g/mol. The van der Waals surface area contributed by atoms with Crippen LogP contribution in [-0.2, 0) is 0 Å². The molecule has 0 aliphatic heterocycles. The second-order valence-electron chi connectivity index (χ2n) is 3.43. The van der Waals surface area contributed by atoms with Crippen molar-refractivity contribution < 1.29 is 0 Å². The molecule has 0 heterocycles. The van der Waals surface area contributed by atoms with Crippen LogP contribution in [0.3, 0.4) is 0 Å². The van der Waals surface area contributed by atoms with Gasteiger partial charge in [-0.1, -0.05) is 35.0 Å². The van der Waals surface area contributed by atoms with Gasteiger partial charge in [0.2, 0.25) is 0 Å². The van der Waals surface area contributed by atoms with E-state index in [2.05, 4.69) is 54.0 Å². The van der Waals surface area contributed by atoms with Gasteiger partial charge in [-0.15, -0.1) is 0 Å². The molecule has 0 spiro atoms. The van der Waals surface area contributed by atoms with Crippen LogP contribution in [-0.4, -0.2) is 6.04 Å². The van der Waals surface area contributed by atoms with Crippen LogP contribution in [0, 0.1) is 0 Å². The van der Waals surface area contributed by atoms with Crippen LogP contribution in [0.1, 0.15) is 31.7 Å². The summed E-state index contributed by atoms with van der Waals surface area (Å²) in [6.45, 7) is 4.24. The van der Waals surface area contributed by atoms with Crippen molar-refractivity contribution >= 4 is 15.9 Å². The van der Waals surface area contributed by atoms with E-state index >= 15 is 0 Å². The lowest BCUT2D eigenvalue weighted by Gasteiger charge is -2.19. The Bertz CT molecular complexity index is 253. The second kappa shape index (κ2) is 4.77. The van der Waals surface area contributed by atoms with E-state index in [1.54, 1.807) is 0 Å². The third-order valence-corrected chi connectivity index (χ3v) is 2.90. The summed E-state index contributed by atoms with van der Waals surface area (Å²) in [6, 6.07) is 8.65. The second-order valence-corrected chi connectivity index (χ2v) is 4.34. The van der Waals surface area contributed by atoms with E-state index in [1.807, 2.05) is 0 Å². The van der Waals surface area contributed by atoms with E-state index in [9.17, 15) is 0 Å². The maximum absolute atomic E-state index is 5.91. The van der Waals surface area contributed by atoms with Crippen LogP contribution < -0.4 is 5.73 Å². The number of hydrogen-bond acceptors (Lipinski definition) is 1. The first-order valence-corrected chi connectivity index (χ1v) is 5.45. The number of benzene rings is 1. The van der Waals surface area contributed by atoms with Gasteiger partial charge in [-0.05, 0) is 37.0 Å². The highest BCUT2D eigenvalue weighted by atomic mass is 79.9. The highest BCUT2D eigenvalue weighted by molar-refractivity contribution is 9.10. The highest BCUT2D eigenvalue weighted by Gasteiger charge is 2.13. The predicted octanol–water partition coefficient (Wildman–Crippen LogP) is 3.29. The van der Waals surface area contributed by atoms with Crippen LogP contribution in [0.25, 0.3) is 0 Å². The SMILES string of the molecule is CCC(c1ccc(Br)cc1)C(C)N. The van der Waals surface area contributed by atoms with Crippen LogP contribution in [0.4, 0.5) is 0 Å². The normalized spacial score (nSPS) is 15.4. The maximum atomic E-state index is 5.91. The molecule has 1 aromatic rings. The molecule has 0 aliphatic carbocycles. The largest absolute Gasteiger partial charge is 0.327 e. The Morgan fingerprint density at radius 1 is 1.31 bits per heavy atom. The molecule has 0 aromatic heterocycles. The molecule has 13 heavy (non-hydrogen) atoms. The van der Waals surface area contributed by atoms with Gasteiger partial charge in [0, 0.05) is 10.5 Å². The van der Waals surface area contributed by atoms with Gasteiger partial charge >= 0.3 is 0 Å². The van der Waals surface area contributed by atoms with Gasteiger partial charge in [0.15, 0.2) is 0 Å². The molecule has 1 aromatic carbocycles. The van der Waals surface area contributed by atoms with Crippen molar-refractivity contribution in [1.82, 2.24) is 0 Å². The minimum absolute atomic E-state index is 0.228. The zero-order chi connectivity index (χ0) is 9.84. The lowest BCUT2D eigenvalue weighted by atomic mass is 9.91. The lowest BCUT2D eigenvalue weighted by Crippen LogP contribution is -2.24. The average molecular weight is 242 g/mol. The minimum Gasteiger partial charge on any atom is -0.327 e. The summed E-state index contributed by atoms with van der Waals surface area (Å²) in [6.07, 6.45) is 1.10. The van der Waals surface area contributed by atoms with E-state index in [4.69, 9.17) is 5.73 Å². The standard InChI is InChI=1S/C11H16BrN/c1-3-11(8(2)13)9-4-6-10(12)7-5-9/h4-8,11H,3,13H2,1-2H3. The van der Waals surface area contributed by atoms with Gasteiger partial charge in [-0.2, -0.15) is 0 Å². The molecule has 0 saturated heterocycles. The van der Waals surface area contributed by atoms with Gasteiger partial charge in [0.05, 0.1) is 0 Å². The Hall–Kier alpha value is -0.340. The predicted molar refractivity (Wildman–Crippen MR) is 60.8 cm³/mol. The fourth-order valence-corrected chi connectivity index (χ4v) is 1.89. The van der Waals surface area contributed by atoms with Crippen molar-refractivity contribution in [3.05, 3.63) is 34.3 Å². The summed E-state index contributed by atoms with van der Waals surface area (Å²) in [5, 5.41) is 0. The van der Waals surface area contributed by atoms with Crippen molar-refractivity contribution in [3.8, 4) is 0 Å². The highest BCUT2D eigenvalue weighted by Crippen LogP contribution is 2.23. The summed E-state index contributed by atoms with van der Waals surface area (Å²) < 4.78 is 1.12. The molecule has 0 bridgehead atoms. The van der Waals surface area contributed by atoms with Crippen molar-refractivity contribution in [1.29, 1.82) is 0 Å². The minimum atomic E-state index is 0.228. The fraction of sp³-hybridized carbons (Fsp3) is 0.455. The number of rotatable bonds is 3. The van der Waals surface area contributed by atoms with Gasteiger partial charge in [-0.25, -0.2) is 0 Å². The van der Waals surface area contributed by atoms with Crippen molar-refractivity contribution in [2.24, 2.45) is 5.73 Å². The monoisotopic (exact) mass is 241 g/mol. The summed E-state index contributed by atoms with van der Waals surface area (Å²) in [5.74, 6) is 0.480. The molecule has 2 atom stereocenters. The Morgan fingerprint density at radius 3 is 2.23 bits per heavy atom. The number of hydrogen-bond donors (Lipinski definition) is 1. The Balaban J connectivity index is 2.86. The molecule has 1 nitrogen and oxygen atoms in total. The van der Waals surface area contributed by atoms with Crippen LogP contribution in [0.5, 0.6) is 0 Å². The van der Waals surface area contributed by atoms with Crippen molar-refractivity contribution in [2.45, 2.75) is 32.2 Å². The Morgan fingerprint density at radius 2 is 1.85 bits per heavy atom. The first-order valence-electron chi connectivity index (χ1n) is 4.66. The Labute approximate surface area is 88.5 Å². The molecule has 0 amide bonds. The van der Waals surface area contributed by atoms with Crippen LogP contribution in [0.2, 0.25) is 0 Å². The van der Waals surface area contributed by atoms with E-state index in [-0.39, 0.29) is 6.04 Å². The van der Waals surface area contributed by atoms with Crippen LogP contribution >= 0.6 is 15.9 Å². The van der Waals surface area contributed by atoms with Crippen molar-refractivity contribution in [2.75, 3.05) is 0 Å². The first kappa shape index (κ1) is 10.7. The van der Waals surface area contributed by atoms with Gasteiger partial charge in [0.1, 0.15) is 0 Å². The summed E-state index contributed by atoms with van der Waals surface area (Å²) >= 11 is 3.42. The van der Waals surface area contributed by atoms with Crippen LogP contribution in [0.15, 0.2) is 28.7 Å². The van der Waals surface area contributed by atoms with Gasteiger partial charge in [-0.3, -0.25) is 0 Å². The van der Waals surface area contributed by atoms with E-state index in [1.165, 1.54) is 5.56 Å². The average Bonchev–Trinajstić information content (AvgIpc) is 2.09. The number of nitrogens with two attached hydrogens (primary N) is 1. The van der Waals surface area contributed by atoms with Gasteiger partial charge in [0.25, 0.3) is 0 Å². The Kier molecular flexibility index (Phi) is 3.94. The topological polar surface area (TPSA) is 26.0 Å². The third kappa shape index (κ3) is 2.82. The molecule has 2 N–H and O–H groups in total. The molecule has 72 valence electrons. The lowest BCUT2D eigenvalue weighted by molar-refractivity contribution is 0.553. The quantitative estimate of drug-likeness (QED) is 0.864. The van der Waals surface area contributed by atoms with E-state index in [0.29, 0.717) is 5.92 Å². The smallest absolute Gasteiger partial charge is 0.0175 e. The van der Waals surface area contributed by atoms with Gasteiger partial charge < -0.3 is 5.73 Å². The summed E-state index contributed by atoms with van der Waals surface area (Å²) in [5.41, 5.74) is 7.24. The maximum Gasteiger partial charge on any atom is 0.0175 e. The fourth-order valence-electron chi connectivity index (χ4n) is 1.62. The van der Waals surface area contributed by atoms with Crippen molar-refractivity contribution in [3.63, 3.8) is 0 Å². The van der Waals surface area contributed by atoms with E-state index in [0.717, 1.165) is 10.9 Å². The third-order valence-electron chi connectivity index (χ3n) is 2.37. The molecule has 2 unspecified atom stereocenters. The number of halogens is 1. The summed E-state index contributed by atoms with van der Waals surface area (Å²) in [4.78, 5) is 0. The van der Waals surface area contributed by atoms with E-state index < -0.39 is 0 Å². The summed E-state index contributed by atoms with van der Waals surface area (Å²) in [7, 11) is 0. The zero-order valence-corrected chi connectivity index (χ0v) is 9.71. The zero-order valence-electron chi connectivity index (χ0n) is 8.13. The molecule has 2 heteroatoms. The molecular formula is C11H16BrN. The molecule has 0 radical (unpaired) electrons.